The Hall–Kier alpha value is -2.58. The van der Waals surface area contributed by atoms with Crippen LogP contribution in [0.5, 0.6) is 11.5 Å². The predicted octanol–water partition coefficient (Wildman–Crippen LogP) is 2.05. The molecule has 0 spiro atoms. The van der Waals surface area contributed by atoms with E-state index in [0.29, 0.717) is 18.0 Å². The molecule has 2 aliphatic rings. The summed E-state index contributed by atoms with van der Waals surface area (Å²) in [4.78, 5) is 26.8. The van der Waals surface area contributed by atoms with Crippen molar-refractivity contribution in [3.05, 3.63) is 46.2 Å². The molecule has 4 rings (SSSR count). The zero-order chi connectivity index (χ0) is 19.3. The summed E-state index contributed by atoms with van der Waals surface area (Å²) in [6.07, 6.45) is 2.34. The molecular weight excluding hydrogens is 378 g/mol. The molecule has 0 aliphatic carbocycles. The number of amides is 2. The second-order valence-electron chi connectivity index (χ2n) is 6.90. The van der Waals surface area contributed by atoms with Crippen molar-refractivity contribution in [2.24, 2.45) is 0 Å². The SMILES string of the molecule is O=C(NCc1ccc2c(c1)OCO2)C(=O)NCC(c1ccsc1)N1CCCC1. The van der Waals surface area contributed by atoms with Gasteiger partial charge >= 0.3 is 11.8 Å². The number of nitrogens with one attached hydrogen (secondary N) is 2. The number of thiophene rings is 1. The summed E-state index contributed by atoms with van der Waals surface area (Å²) in [5.41, 5.74) is 2.03. The van der Waals surface area contributed by atoms with Crippen LogP contribution in [0.4, 0.5) is 0 Å². The summed E-state index contributed by atoms with van der Waals surface area (Å²) in [5.74, 6) is 0.0953. The van der Waals surface area contributed by atoms with E-state index >= 15 is 0 Å². The van der Waals surface area contributed by atoms with E-state index in [1.54, 1.807) is 23.5 Å². The first-order valence-electron chi connectivity index (χ1n) is 9.41. The lowest BCUT2D eigenvalue weighted by molar-refractivity contribution is -0.139. The Morgan fingerprint density at radius 3 is 2.64 bits per heavy atom. The number of benzene rings is 1. The number of fused-ring (bicyclic) bond motifs is 1. The lowest BCUT2D eigenvalue weighted by Gasteiger charge is -2.27. The maximum absolute atomic E-state index is 12.3. The van der Waals surface area contributed by atoms with Gasteiger partial charge in [-0.25, -0.2) is 0 Å². The third kappa shape index (κ3) is 4.28. The predicted molar refractivity (Wildman–Crippen MR) is 105 cm³/mol. The van der Waals surface area contributed by atoms with Crippen LogP contribution in [0.15, 0.2) is 35.0 Å². The highest BCUT2D eigenvalue weighted by Gasteiger charge is 2.25. The van der Waals surface area contributed by atoms with Gasteiger partial charge in [-0.15, -0.1) is 0 Å². The molecule has 1 saturated heterocycles. The van der Waals surface area contributed by atoms with Gasteiger partial charge in [0.25, 0.3) is 0 Å². The standard InChI is InChI=1S/C20H23N3O4S/c24-19(21-10-14-3-4-17-18(9-14)27-13-26-17)20(25)22-11-16(15-5-8-28-12-15)23-6-1-2-7-23/h3-5,8-9,12,16H,1-2,6-7,10-11,13H2,(H,21,24)(H,22,25). The molecule has 1 unspecified atom stereocenters. The second-order valence-corrected chi connectivity index (χ2v) is 7.68. The lowest BCUT2D eigenvalue weighted by atomic mass is 10.1. The van der Waals surface area contributed by atoms with Crippen molar-refractivity contribution in [3.63, 3.8) is 0 Å². The fourth-order valence-electron chi connectivity index (χ4n) is 3.56. The first-order valence-corrected chi connectivity index (χ1v) is 10.4. The van der Waals surface area contributed by atoms with Crippen molar-refractivity contribution in [3.8, 4) is 11.5 Å². The van der Waals surface area contributed by atoms with E-state index in [-0.39, 0.29) is 19.4 Å². The molecule has 1 aromatic heterocycles. The number of carbonyl (C=O) groups excluding carboxylic acids is 2. The zero-order valence-electron chi connectivity index (χ0n) is 15.5. The summed E-state index contributed by atoms with van der Waals surface area (Å²) >= 11 is 1.64. The fraction of sp³-hybridized carbons (Fsp3) is 0.400. The molecule has 7 nitrogen and oxygen atoms in total. The molecule has 0 saturated carbocycles. The first kappa shape index (κ1) is 18.8. The molecule has 0 radical (unpaired) electrons. The molecule has 2 N–H and O–H groups in total. The Labute approximate surface area is 167 Å². The van der Waals surface area contributed by atoms with Crippen molar-refractivity contribution < 1.29 is 19.1 Å². The Morgan fingerprint density at radius 1 is 1.07 bits per heavy atom. The maximum atomic E-state index is 12.3. The van der Waals surface area contributed by atoms with Crippen LogP contribution in [0.3, 0.4) is 0 Å². The van der Waals surface area contributed by atoms with Crippen LogP contribution in [0.25, 0.3) is 0 Å². The Bertz CT molecular complexity index is 834. The van der Waals surface area contributed by atoms with E-state index < -0.39 is 11.8 Å². The van der Waals surface area contributed by atoms with E-state index in [4.69, 9.17) is 9.47 Å². The van der Waals surface area contributed by atoms with Crippen LogP contribution in [-0.4, -0.2) is 43.1 Å². The monoisotopic (exact) mass is 401 g/mol. The fourth-order valence-corrected chi connectivity index (χ4v) is 4.27. The van der Waals surface area contributed by atoms with E-state index in [1.165, 1.54) is 18.4 Å². The topological polar surface area (TPSA) is 79.9 Å². The number of hydrogen-bond donors (Lipinski definition) is 2. The van der Waals surface area contributed by atoms with E-state index in [1.807, 2.05) is 11.4 Å². The van der Waals surface area contributed by atoms with Gasteiger partial charge in [-0.2, -0.15) is 11.3 Å². The zero-order valence-corrected chi connectivity index (χ0v) is 16.3. The third-order valence-corrected chi connectivity index (χ3v) is 5.76. The third-order valence-electron chi connectivity index (χ3n) is 5.06. The summed E-state index contributed by atoms with van der Waals surface area (Å²) < 4.78 is 10.6. The van der Waals surface area contributed by atoms with E-state index in [9.17, 15) is 9.59 Å². The van der Waals surface area contributed by atoms with Crippen LogP contribution in [0.2, 0.25) is 0 Å². The molecule has 0 bridgehead atoms. The van der Waals surface area contributed by atoms with Crippen LogP contribution in [-0.2, 0) is 16.1 Å². The number of likely N-dealkylation sites (tertiary alicyclic amines) is 1. The number of carbonyl (C=O) groups is 2. The normalized spacial score (nSPS) is 16.7. The average Bonchev–Trinajstić information content (AvgIpc) is 3.48. The van der Waals surface area contributed by atoms with Gasteiger partial charge in [0, 0.05) is 13.1 Å². The molecule has 148 valence electrons. The summed E-state index contributed by atoms with van der Waals surface area (Å²) in [5, 5.41) is 9.60. The van der Waals surface area contributed by atoms with Gasteiger partial charge in [-0.05, 0) is 66.0 Å². The van der Waals surface area contributed by atoms with Crippen molar-refractivity contribution in [2.45, 2.75) is 25.4 Å². The van der Waals surface area contributed by atoms with Gasteiger partial charge in [0.15, 0.2) is 11.5 Å². The number of nitrogens with zero attached hydrogens (tertiary/aromatic N) is 1. The molecule has 3 heterocycles. The van der Waals surface area contributed by atoms with Crippen LogP contribution in [0, 0.1) is 0 Å². The first-order chi connectivity index (χ1) is 13.7. The van der Waals surface area contributed by atoms with Crippen molar-refractivity contribution >= 4 is 23.2 Å². The quantitative estimate of drug-likeness (QED) is 0.725. The van der Waals surface area contributed by atoms with Crippen molar-refractivity contribution in [1.29, 1.82) is 0 Å². The molecule has 1 fully saturated rings. The Morgan fingerprint density at radius 2 is 1.86 bits per heavy atom. The number of hydrogen-bond acceptors (Lipinski definition) is 6. The van der Waals surface area contributed by atoms with Crippen LogP contribution in [0.1, 0.15) is 30.0 Å². The van der Waals surface area contributed by atoms with E-state index in [2.05, 4.69) is 27.0 Å². The van der Waals surface area contributed by atoms with Gasteiger partial charge < -0.3 is 20.1 Å². The minimum atomic E-state index is -0.636. The van der Waals surface area contributed by atoms with Gasteiger partial charge in [-0.3, -0.25) is 14.5 Å². The van der Waals surface area contributed by atoms with Crippen LogP contribution < -0.4 is 20.1 Å². The molecule has 28 heavy (non-hydrogen) atoms. The highest BCUT2D eigenvalue weighted by atomic mass is 32.1. The molecule has 2 amide bonds. The summed E-state index contributed by atoms with van der Waals surface area (Å²) in [7, 11) is 0. The van der Waals surface area contributed by atoms with Gasteiger partial charge in [0.2, 0.25) is 6.79 Å². The Balaban J connectivity index is 1.29. The van der Waals surface area contributed by atoms with Crippen LogP contribution >= 0.6 is 11.3 Å². The molecular formula is C20H23N3O4S. The summed E-state index contributed by atoms with van der Waals surface area (Å²) in [6.45, 7) is 2.92. The molecule has 1 aromatic carbocycles. The van der Waals surface area contributed by atoms with Crippen molar-refractivity contribution in [2.75, 3.05) is 26.4 Å². The minimum Gasteiger partial charge on any atom is -0.454 e. The highest BCUT2D eigenvalue weighted by Crippen LogP contribution is 2.32. The van der Waals surface area contributed by atoms with E-state index in [0.717, 1.165) is 18.7 Å². The Kier molecular flexibility index (Phi) is 5.78. The number of ether oxygens (including phenoxy) is 2. The summed E-state index contributed by atoms with van der Waals surface area (Å²) in [6, 6.07) is 7.64. The molecule has 8 heteroatoms. The van der Waals surface area contributed by atoms with Crippen molar-refractivity contribution in [1.82, 2.24) is 15.5 Å². The van der Waals surface area contributed by atoms with Gasteiger partial charge in [-0.1, -0.05) is 6.07 Å². The van der Waals surface area contributed by atoms with Gasteiger partial charge in [0.05, 0.1) is 6.04 Å². The lowest BCUT2D eigenvalue weighted by Crippen LogP contribution is -2.43. The number of rotatable bonds is 6. The largest absolute Gasteiger partial charge is 0.454 e. The smallest absolute Gasteiger partial charge is 0.309 e. The highest BCUT2D eigenvalue weighted by molar-refractivity contribution is 7.08. The minimum absolute atomic E-state index is 0.111. The maximum Gasteiger partial charge on any atom is 0.309 e. The molecule has 2 aromatic rings. The van der Waals surface area contributed by atoms with Gasteiger partial charge in [0.1, 0.15) is 0 Å². The second kappa shape index (κ2) is 8.62. The average molecular weight is 401 g/mol. The molecule has 2 aliphatic heterocycles. The molecule has 1 atom stereocenters.